The molecule has 1 aromatic carbocycles. The monoisotopic (exact) mass is 332 g/mol. The van der Waals surface area contributed by atoms with Crippen LogP contribution in [0, 0.1) is 0 Å². The third-order valence-corrected chi connectivity index (χ3v) is 3.97. The van der Waals surface area contributed by atoms with Gasteiger partial charge < -0.3 is 15.0 Å². The van der Waals surface area contributed by atoms with Crippen molar-refractivity contribution in [2.75, 3.05) is 18.4 Å². The number of aromatic nitrogens is 2. The van der Waals surface area contributed by atoms with Gasteiger partial charge in [0.2, 0.25) is 11.8 Å². The quantitative estimate of drug-likeness (QED) is 0.923. The Bertz CT molecular complexity index is 687. The molecule has 0 bridgehead atoms. The first-order chi connectivity index (χ1) is 11.1. The van der Waals surface area contributed by atoms with E-state index >= 15 is 0 Å². The van der Waals surface area contributed by atoms with E-state index in [9.17, 15) is 9.59 Å². The number of rotatable bonds is 4. The molecule has 3 rings (SSSR count). The largest absolute Gasteiger partial charge is 0.471 e. The van der Waals surface area contributed by atoms with Crippen molar-refractivity contribution in [3.05, 3.63) is 36.0 Å². The molecular formula is C15H16N4O3S. The maximum atomic E-state index is 12.5. The normalized spacial score (nSPS) is 17.1. The molecule has 2 amide bonds. The average Bonchev–Trinajstić information content (AvgIpc) is 3.19. The topological polar surface area (TPSA) is 84.4 Å². The lowest BCUT2D eigenvalue weighted by atomic mass is 10.2. The molecule has 1 atom stereocenters. The molecule has 0 saturated carbocycles. The Morgan fingerprint density at radius 2 is 2.13 bits per heavy atom. The van der Waals surface area contributed by atoms with Crippen molar-refractivity contribution in [1.29, 1.82) is 0 Å². The van der Waals surface area contributed by atoms with Crippen LogP contribution in [0.4, 0.5) is 5.69 Å². The number of benzene rings is 1. The fourth-order valence-electron chi connectivity index (χ4n) is 2.47. The van der Waals surface area contributed by atoms with E-state index in [1.54, 1.807) is 35.4 Å². The standard InChI is InChI=1S/C15H16N4O3S/c1-10(20)17-12-4-2-11(3-5-12)15(21)19-7-6-13(9-19)22-14-8-16-23-18-14/h2-5,8,13H,6-7,9H2,1H3,(H,17,20). The van der Waals surface area contributed by atoms with Gasteiger partial charge in [-0.3, -0.25) is 9.59 Å². The van der Waals surface area contributed by atoms with Gasteiger partial charge in [0, 0.05) is 31.1 Å². The molecule has 1 N–H and O–H groups in total. The molecule has 1 saturated heterocycles. The lowest BCUT2D eigenvalue weighted by Crippen LogP contribution is -2.30. The Kier molecular flexibility index (Phi) is 4.52. The van der Waals surface area contributed by atoms with Gasteiger partial charge in [0.1, 0.15) is 12.3 Å². The molecule has 8 heteroatoms. The van der Waals surface area contributed by atoms with Gasteiger partial charge in [0.05, 0.1) is 18.3 Å². The second kappa shape index (κ2) is 6.74. The van der Waals surface area contributed by atoms with Gasteiger partial charge in [-0.2, -0.15) is 4.37 Å². The summed E-state index contributed by atoms with van der Waals surface area (Å²) in [4.78, 5) is 25.2. The van der Waals surface area contributed by atoms with Crippen LogP contribution in [0.5, 0.6) is 5.88 Å². The summed E-state index contributed by atoms with van der Waals surface area (Å²) in [5.74, 6) is 0.330. The zero-order valence-electron chi connectivity index (χ0n) is 12.6. The molecule has 0 aliphatic carbocycles. The maximum absolute atomic E-state index is 12.5. The molecule has 2 heterocycles. The van der Waals surface area contributed by atoms with E-state index in [1.807, 2.05) is 0 Å². The summed E-state index contributed by atoms with van der Waals surface area (Å²) in [6, 6.07) is 6.87. The highest BCUT2D eigenvalue weighted by Crippen LogP contribution is 2.19. The van der Waals surface area contributed by atoms with Crippen molar-refractivity contribution in [3.8, 4) is 5.88 Å². The molecule has 1 unspecified atom stereocenters. The van der Waals surface area contributed by atoms with E-state index in [4.69, 9.17) is 4.74 Å². The Balaban J connectivity index is 1.59. The number of carbonyl (C=O) groups excluding carboxylic acids is 2. The maximum Gasteiger partial charge on any atom is 0.253 e. The van der Waals surface area contributed by atoms with Crippen molar-refractivity contribution >= 4 is 29.2 Å². The first-order valence-corrected chi connectivity index (χ1v) is 7.96. The molecule has 23 heavy (non-hydrogen) atoms. The highest BCUT2D eigenvalue weighted by Gasteiger charge is 2.28. The summed E-state index contributed by atoms with van der Waals surface area (Å²) in [5, 5.41) is 2.68. The molecule has 7 nitrogen and oxygen atoms in total. The van der Waals surface area contributed by atoms with E-state index in [2.05, 4.69) is 14.1 Å². The number of amides is 2. The van der Waals surface area contributed by atoms with E-state index in [0.29, 0.717) is 30.2 Å². The van der Waals surface area contributed by atoms with Crippen LogP contribution in [-0.4, -0.2) is 44.7 Å². The summed E-state index contributed by atoms with van der Waals surface area (Å²) in [6.07, 6.45) is 2.30. The van der Waals surface area contributed by atoms with Crippen molar-refractivity contribution in [2.24, 2.45) is 0 Å². The van der Waals surface area contributed by atoms with E-state index in [-0.39, 0.29) is 17.9 Å². The van der Waals surface area contributed by atoms with Crippen molar-refractivity contribution in [3.63, 3.8) is 0 Å². The van der Waals surface area contributed by atoms with Crippen LogP contribution in [0.1, 0.15) is 23.7 Å². The number of anilines is 1. The summed E-state index contributed by atoms with van der Waals surface area (Å²) in [7, 11) is 0. The molecule has 1 aliphatic heterocycles. The van der Waals surface area contributed by atoms with Gasteiger partial charge in [-0.15, -0.1) is 4.37 Å². The average molecular weight is 332 g/mol. The van der Waals surface area contributed by atoms with Gasteiger partial charge in [-0.25, -0.2) is 0 Å². The highest BCUT2D eigenvalue weighted by atomic mass is 32.1. The fourth-order valence-corrected chi connectivity index (χ4v) is 2.82. The van der Waals surface area contributed by atoms with Crippen LogP contribution in [0.2, 0.25) is 0 Å². The van der Waals surface area contributed by atoms with Crippen LogP contribution in [0.3, 0.4) is 0 Å². The second-order valence-electron chi connectivity index (χ2n) is 5.28. The van der Waals surface area contributed by atoms with Crippen molar-refractivity contribution in [1.82, 2.24) is 13.6 Å². The fraction of sp³-hybridized carbons (Fsp3) is 0.333. The van der Waals surface area contributed by atoms with Crippen LogP contribution in [0.15, 0.2) is 30.5 Å². The van der Waals surface area contributed by atoms with Gasteiger partial charge in [-0.05, 0) is 24.3 Å². The van der Waals surface area contributed by atoms with Crippen LogP contribution in [0.25, 0.3) is 0 Å². The minimum Gasteiger partial charge on any atom is -0.471 e. The van der Waals surface area contributed by atoms with Crippen molar-refractivity contribution in [2.45, 2.75) is 19.4 Å². The van der Waals surface area contributed by atoms with Gasteiger partial charge in [0.25, 0.3) is 5.91 Å². The molecular weight excluding hydrogens is 316 g/mol. The third kappa shape index (κ3) is 3.84. The number of likely N-dealkylation sites (tertiary alicyclic amines) is 1. The van der Waals surface area contributed by atoms with Crippen LogP contribution < -0.4 is 10.1 Å². The predicted octanol–water partition coefficient (Wildman–Crippen LogP) is 1.79. The Labute approximate surface area is 137 Å². The molecule has 1 fully saturated rings. The number of ether oxygens (including phenoxy) is 1. The predicted molar refractivity (Wildman–Crippen MR) is 85.6 cm³/mol. The zero-order valence-corrected chi connectivity index (χ0v) is 13.4. The summed E-state index contributed by atoms with van der Waals surface area (Å²) < 4.78 is 13.6. The Morgan fingerprint density at radius 3 is 2.78 bits per heavy atom. The van der Waals surface area contributed by atoms with E-state index in [1.165, 1.54) is 6.92 Å². The van der Waals surface area contributed by atoms with E-state index < -0.39 is 0 Å². The molecule has 1 aliphatic rings. The number of hydrogen-bond acceptors (Lipinski definition) is 6. The summed E-state index contributed by atoms with van der Waals surface area (Å²) in [5.41, 5.74) is 1.27. The number of carbonyl (C=O) groups is 2. The Hall–Kier alpha value is -2.48. The molecule has 0 radical (unpaired) electrons. The zero-order chi connectivity index (χ0) is 16.2. The highest BCUT2D eigenvalue weighted by molar-refractivity contribution is 6.99. The molecule has 2 aromatic rings. The molecule has 120 valence electrons. The van der Waals surface area contributed by atoms with Crippen molar-refractivity contribution < 1.29 is 14.3 Å². The minimum atomic E-state index is -0.139. The number of nitrogens with zero attached hydrogens (tertiary/aromatic N) is 3. The molecule has 0 spiro atoms. The first kappa shape index (κ1) is 15.4. The lowest BCUT2D eigenvalue weighted by Gasteiger charge is -2.16. The first-order valence-electron chi connectivity index (χ1n) is 7.23. The second-order valence-corrected chi connectivity index (χ2v) is 5.84. The minimum absolute atomic E-state index is 0.0399. The van der Waals surface area contributed by atoms with Crippen LogP contribution >= 0.6 is 11.7 Å². The molecule has 1 aromatic heterocycles. The van der Waals surface area contributed by atoms with Gasteiger partial charge in [-0.1, -0.05) is 0 Å². The smallest absolute Gasteiger partial charge is 0.253 e. The van der Waals surface area contributed by atoms with Gasteiger partial charge >= 0.3 is 0 Å². The van der Waals surface area contributed by atoms with Crippen LogP contribution in [-0.2, 0) is 4.79 Å². The third-order valence-electron chi connectivity index (χ3n) is 3.51. The number of nitrogens with one attached hydrogen (secondary N) is 1. The SMILES string of the molecule is CC(=O)Nc1ccc(C(=O)N2CCC(Oc3cnsn3)C2)cc1. The summed E-state index contributed by atoms with van der Waals surface area (Å²) >= 11 is 1.10. The van der Waals surface area contributed by atoms with E-state index in [0.717, 1.165) is 18.1 Å². The summed E-state index contributed by atoms with van der Waals surface area (Å²) in [6.45, 7) is 2.62. The Morgan fingerprint density at radius 1 is 1.35 bits per heavy atom. The lowest BCUT2D eigenvalue weighted by molar-refractivity contribution is -0.114. The van der Waals surface area contributed by atoms with Gasteiger partial charge in [0.15, 0.2) is 0 Å². The number of hydrogen-bond donors (Lipinski definition) is 1.